The van der Waals surface area contributed by atoms with E-state index in [1.807, 2.05) is 6.07 Å². The first kappa shape index (κ1) is 20.3. The molecule has 132 valence electrons. The number of piperazine rings is 1. The van der Waals surface area contributed by atoms with Gasteiger partial charge in [0, 0.05) is 32.2 Å². The third-order valence-corrected chi connectivity index (χ3v) is 4.38. The highest BCUT2D eigenvalue weighted by Crippen LogP contribution is 2.36. The molecule has 0 radical (unpaired) electrons. The van der Waals surface area contributed by atoms with Gasteiger partial charge < -0.3 is 5.32 Å². The Morgan fingerprint density at radius 2 is 1.87 bits per heavy atom. The summed E-state index contributed by atoms with van der Waals surface area (Å²) in [6, 6.07) is 5.92. The Kier molecular flexibility index (Phi) is 7.84. The Balaban J connectivity index is 0.00000264. The van der Waals surface area contributed by atoms with E-state index in [0.29, 0.717) is 5.92 Å². The van der Waals surface area contributed by atoms with Gasteiger partial charge in [-0.25, -0.2) is 0 Å². The summed E-state index contributed by atoms with van der Waals surface area (Å²) in [4.78, 5) is 2.33. The largest absolute Gasteiger partial charge is 0.416 e. The second-order valence-electron chi connectivity index (χ2n) is 6.12. The number of alkyl halides is 3. The number of nitrogens with zero attached hydrogens (tertiary/aromatic N) is 1. The number of nitrogens with one attached hydrogen (secondary N) is 1. The molecule has 1 aliphatic rings. The summed E-state index contributed by atoms with van der Waals surface area (Å²) >= 11 is 0. The van der Waals surface area contributed by atoms with Crippen LogP contribution < -0.4 is 5.32 Å². The van der Waals surface area contributed by atoms with Gasteiger partial charge in [-0.2, -0.15) is 13.2 Å². The normalized spacial score (nSPS) is 19.0. The SMILES string of the molecule is CCCC(C)[C@@H](c1cccc(C(F)(F)F)c1)N1CCNCC1.Cl. The topological polar surface area (TPSA) is 15.3 Å². The zero-order valence-electron chi connectivity index (χ0n) is 13.7. The van der Waals surface area contributed by atoms with Crippen LogP contribution in [0, 0.1) is 5.92 Å². The molecule has 1 aliphatic heterocycles. The number of hydrogen-bond acceptors (Lipinski definition) is 2. The molecule has 0 amide bonds. The van der Waals surface area contributed by atoms with Gasteiger partial charge in [-0.05, 0) is 30.0 Å². The van der Waals surface area contributed by atoms with E-state index in [9.17, 15) is 13.2 Å². The van der Waals surface area contributed by atoms with Gasteiger partial charge >= 0.3 is 6.18 Å². The van der Waals surface area contributed by atoms with Gasteiger partial charge in [-0.1, -0.05) is 32.4 Å². The van der Waals surface area contributed by atoms with Crippen molar-refractivity contribution in [2.24, 2.45) is 5.92 Å². The van der Waals surface area contributed by atoms with Crippen LogP contribution in [0.1, 0.15) is 43.9 Å². The molecule has 1 N–H and O–H groups in total. The number of rotatable bonds is 5. The Hall–Kier alpha value is -0.780. The van der Waals surface area contributed by atoms with Crippen molar-refractivity contribution in [3.63, 3.8) is 0 Å². The van der Waals surface area contributed by atoms with E-state index in [0.717, 1.165) is 50.7 Å². The molecule has 2 atom stereocenters. The van der Waals surface area contributed by atoms with Crippen molar-refractivity contribution in [2.75, 3.05) is 26.2 Å². The monoisotopic (exact) mass is 350 g/mol. The lowest BCUT2D eigenvalue weighted by molar-refractivity contribution is -0.137. The molecule has 23 heavy (non-hydrogen) atoms. The van der Waals surface area contributed by atoms with Crippen LogP contribution in [-0.2, 0) is 6.18 Å². The number of halogens is 4. The first-order valence-corrected chi connectivity index (χ1v) is 8.05. The van der Waals surface area contributed by atoms with E-state index in [1.165, 1.54) is 12.1 Å². The quantitative estimate of drug-likeness (QED) is 0.840. The summed E-state index contributed by atoms with van der Waals surface area (Å²) in [6.07, 6.45) is -2.22. The summed E-state index contributed by atoms with van der Waals surface area (Å²) in [6.45, 7) is 7.83. The van der Waals surface area contributed by atoms with Crippen molar-refractivity contribution < 1.29 is 13.2 Å². The second-order valence-corrected chi connectivity index (χ2v) is 6.12. The van der Waals surface area contributed by atoms with Gasteiger partial charge in [0.25, 0.3) is 0 Å². The number of benzene rings is 1. The molecule has 1 unspecified atom stereocenters. The second kappa shape index (κ2) is 8.90. The smallest absolute Gasteiger partial charge is 0.314 e. The standard InChI is InChI=1S/C17H25F3N2.ClH/c1-3-5-13(2)16(22-10-8-21-9-11-22)14-6-4-7-15(12-14)17(18,19)20;/h4,6-7,12-13,16,21H,3,5,8-11H2,1-2H3;1H/t13?,16-;/m0./s1. The van der Waals surface area contributed by atoms with Crippen molar-refractivity contribution in [3.8, 4) is 0 Å². The molecule has 1 aromatic carbocycles. The van der Waals surface area contributed by atoms with E-state index in [-0.39, 0.29) is 18.4 Å². The maximum absolute atomic E-state index is 13.0. The molecule has 2 rings (SSSR count). The third-order valence-electron chi connectivity index (χ3n) is 4.38. The minimum absolute atomic E-state index is 0. The molecular formula is C17H26ClF3N2. The van der Waals surface area contributed by atoms with Crippen LogP contribution in [0.3, 0.4) is 0 Å². The van der Waals surface area contributed by atoms with Gasteiger partial charge in [0.2, 0.25) is 0 Å². The van der Waals surface area contributed by atoms with Crippen LogP contribution in [0.25, 0.3) is 0 Å². The average molecular weight is 351 g/mol. The lowest BCUT2D eigenvalue weighted by Crippen LogP contribution is -2.46. The molecular weight excluding hydrogens is 325 g/mol. The summed E-state index contributed by atoms with van der Waals surface area (Å²) in [5.74, 6) is 0.339. The predicted molar refractivity (Wildman–Crippen MR) is 89.9 cm³/mol. The number of hydrogen-bond donors (Lipinski definition) is 1. The van der Waals surface area contributed by atoms with E-state index >= 15 is 0 Å². The molecule has 1 aromatic rings. The van der Waals surface area contributed by atoms with Crippen LogP contribution in [0.15, 0.2) is 24.3 Å². The van der Waals surface area contributed by atoms with Crippen molar-refractivity contribution in [2.45, 2.75) is 38.9 Å². The van der Waals surface area contributed by atoms with E-state index in [2.05, 4.69) is 24.1 Å². The van der Waals surface area contributed by atoms with Crippen molar-refractivity contribution in [1.82, 2.24) is 10.2 Å². The summed E-state index contributed by atoms with van der Waals surface area (Å²) in [7, 11) is 0. The molecule has 1 heterocycles. The molecule has 0 saturated carbocycles. The third kappa shape index (κ3) is 5.37. The highest BCUT2D eigenvalue weighted by Gasteiger charge is 2.33. The molecule has 2 nitrogen and oxygen atoms in total. The van der Waals surface area contributed by atoms with E-state index in [4.69, 9.17) is 0 Å². The van der Waals surface area contributed by atoms with Crippen LogP contribution in [0.5, 0.6) is 0 Å². The maximum atomic E-state index is 13.0. The zero-order chi connectivity index (χ0) is 16.2. The Morgan fingerprint density at radius 3 is 2.43 bits per heavy atom. The maximum Gasteiger partial charge on any atom is 0.416 e. The Labute approximate surface area is 142 Å². The minimum Gasteiger partial charge on any atom is -0.314 e. The summed E-state index contributed by atoms with van der Waals surface area (Å²) < 4.78 is 39.0. The van der Waals surface area contributed by atoms with Gasteiger partial charge in [0.1, 0.15) is 0 Å². The van der Waals surface area contributed by atoms with Crippen molar-refractivity contribution in [1.29, 1.82) is 0 Å². The first-order valence-electron chi connectivity index (χ1n) is 8.05. The summed E-state index contributed by atoms with van der Waals surface area (Å²) in [5, 5.41) is 3.31. The molecule has 1 saturated heterocycles. The lowest BCUT2D eigenvalue weighted by Gasteiger charge is -2.39. The first-order chi connectivity index (χ1) is 10.4. The minimum atomic E-state index is -4.28. The molecule has 6 heteroatoms. The van der Waals surface area contributed by atoms with E-state index < -0.39 is 11.7 Å². The van der Waals surface area contributed by atoms with Gasteiger partial charge in [-0.3, -0.25) is 4.90 Å². The molecule has 1 fully saturated rings. The lowest BCUT2D eigenvalue weighted by atomic mass is 9.88. The van der Waals surface area contributed by atoms with Crippen LogP contribution in [-0.4, -0.2) is 31.1 Å². The Bertz CT molecular complexity index is 473. The predicted octanol–water partition coefficient (Wildman–Crippen LogP) is 4.51. The fourth-order valence-electron chi connectivity index (χ4n) is 3.37. The van der Waals surface area contributed by atoms with Gasteiger partial charge in [-0.15, -0.1) is 12.4 Å². The zero-order valence-corrected chi connectivity index (χ0v) is 14.5. The molecule has 0 aromatic heterocycles. The van der Waals surface area contributed by atoms with Gasteiger partial charge in [0.05, 0.1) is 5.56 Å². The van der Waals surface area contributed by atoms with E-state index in [1.54, 1.807) is 0 Å². The fourth-order valence-corrected chi connectivity index (χ4v) is 3.37. The van der Waals surface area contributed by atoms with Gasteiger partial charge in [0.15, 0.2) is 0 Å². The fraction of sp³-hybridized carbons (Fsp3) is 0.647. The van der Waals surface area contributed by atoms with Crippen molar-refractivity contribution >= 4 is 12.4 Å². The highest BCUT2D eigenvalue weighted by molar-refractivity contribution is 5.85. The average Bonchev–Trinajstić information content (AvgIpc) is 2.48. The van der Waals surface area contributed by atoms with Crippen LogP contribution >= 0.6 is 12.4 Å². The van der Waals surface area contributed by atoms with Crippen LogP contribution in [0.2, 0.25) is 0 Å². The Morgan fingerprint density at radius 1 is 1.22 bits per heavy atom. The molecule has 0 spiro atoms. The van der Waals surface area contributed by atoms with Crippen LogP contribution in [0.4, 0.5) is 13.2 Å². The highest BCUT2D eigenvalue weighted by atomic mass is 35.5. The van der Waals surface area contributed by atoms with Crippen molar-refractivity contribution in [3.05, 3.63) is 35.4 Å². The summed E-state index contributed by atoms with van der Waals surface area (Å²) in [5.41, 5.74) is 0.242. The molecule has 0 aliphatic carbocycles. The molecule has 0 bridgehead atoms.